The topological polar surface area (TPSA) is 154 Å². The van der Waals surface area contributed by atoms with Crippen molar-refractivity contribution in [3.8, 4) is 0 Å². The van der Waals surface area contributed by atoms with Gasteiger partial charge in [0.2, 0.25) is 11.8 Å². The highest BCUT2D eigenvalue weighted by Crippen LogP contribution is 2.14. The van der Waals surface area contributed by atoms with Crippen molar-refractivity contribution in [2.45, 2.75) is 65.8 Å². The molecule has 14 heteroatoms. The summed E-state index contributed by atoms with van der Waals surface area (Å²) in [5, 5.41) is 5.58. The molecule has 1 heterocycles. The Kier molecular flexibility index (Phi) is 21.0. The van der Waals surface area contributed by atoms with Gasteiger partial charge in [-0.25, -0.2) is 9.59 Å². The zero-order chi connectivity index (χ0) is 39.0. The largest absolute Gasteiger partial charge is 0.445 e. The SMILES string of the molecule is CC[C@H](C)[C@@H](NC(=O)OCc1ccccc1)C(=O)N1CCOCCOCCN(C(=O)[C@H](NC(=O)OCc2ccccc2)[C@@H](C)CC)CCOCCOCC1. The summed E-state index contributed by atoms with van der Waals surface area (Å²) in [6, 6.07) is 17.1. The Hall–Kier alpha value is -4.24. The van der Waals surface area contributed by atoms with Crippen LogP contribution in [0.3, 0.4) is 0 Å². The van der Waals surface area contributed by atoms with E-state index in [9.17, 15) is 19.2 Å². The lowest BCUT2D eigenvalue weighted by Gasteiger charge is -2.31. The molecular weight excluding hydrogens is 696 g/mol. The molecule has 0 spiro atoms. The van der Waals surface area contributed by atoms with Gasteiger partial charge in [0.15, 0.2) is 0 Å². The van der Waals surface area contributed by atoms with Gasteiger partial charge in [-0.05, 0) is 23.0 Å². The minimum absolute atomic E-state index is 0.0970. The van der Waals surface area contributed by atoms with E-state index in [1.165, 1.54) is 0 Å². The van der Waals surface area contributed by atoms with E-state index in [4.69, 9.17) is 28.4 Å². The molecule has 0 radical (unpaired) electrons. The molecule has 14 nitrogen and oxygen atoms in total. The predicted octanol–water partition coefficient (Wildman–Crippen LogP) is 4.41. The molecule has 1 aliphatic heterocycles. The Morgan fingerprint density at radius 2 is 0.870 bits per heavy atom. The Balaban J connectivity index is 1.54. The van der Waals surface area contributed by atoms with Crippen molar-refractivity contribution in [3.05, 3.63) is 71.8 Å². The Morgan fingerprint density at radius 3 is 1.17 bits per heavy atom. The molecule has 1 fully saturated rings. The van der Waals surface area contributed by atoms with Gasteiger partial charge in [0.05, 0.1) is 52.9 Å². The second-order valence-corrected chi connectivity index (χ2v) is 13.2. The first-order valence-corrected chi connectivity index (χ1v) is 19.1. The quantitative estimate of drug-likeness (QED) is 0.319. The lowest BCUT2D eigenvalue weighted by molar-refractivity contribution is -0.138. The van der Waals surface area contributed by atoms with Gasteiger partial charge in [0.25, 0.3) is 0 Å². The van der Waals surface area contributed by atoms with Gasteiger partial charge in [-0.1, -0.05) is 101 Å². The van der Waals surface area contributed by atoms with Crippen molar-refractivity contribution in [2.75, 3.05) is 79.0 Å². The van der Waals surface area contributed by atoms with E-state index in [0.29, 0.717) is 12.8 Å². The van der Waals surface area contributed by atoms with Gasteiger partial charge in [-0.3, -0.25) is 9.59 Å². The molecule has 3 rings (SSSR count). The van der Waals surface area contributed by atoms with Crippen molar-refractivity contribution < 1.29 is 47.6 Å². The predicted molar refractivity (Wildman–Crippen MR) is 202 cm³/mol. The van der Waals surface area contributed by atoms with Crippen LogP contribution in [0.2, 0.25) is 0 Å². The molecule has 1 saturated heterocycles. The summed E-state index contributed by atoms with van der Waals surface area (Å²) in [6.45, 7) is 11.2. The third-order valence-electron chi connectivity index (χ3n) is 9.32. The first-order chi connectivity index (χ1) is 26.2. The lowest BCUT2D eigenvalue weighted by Crippen LogP contribution is -2.53. The number of carbonyl (C=O) groups is 4. The van der Waals surface area contributed by atoms with E-state index in [2.05, 4.69) is 10.6 Å². The van der Waals surface area contributed by atoms with Crippen LogP contribution in [0.1, 0.15) is 51.7 Å². The zero-order valence-corrected chi connectivity index (χ0v) is 32.4. The summed E-state index contributed by atoms with van der Waals surface area (Å²) in [7, 11) is 0. The number of carbonyl (C=O) groups excluding carboxylic acids is 4. The molecule has 1 aliphatic rings. The first kappa shape index (κ1) is 44.2. The molecule has 300 valence electrons. The first-order valence-electron chi connectivity index (χ1n) is 19.1. The molecule has 0 unspecified atom stereocenters. The second-order valence-electron chi connectivity index (χ2n) is 13.2. The van der Waals surface area contributed by atoms with Gasteiger partial charge in [0.1, 0.15) is 25.3 Å². The van der Waals surface area contributed by atoms with Gasteiger partial charge in [-0.15, -0.1) is 0 Å². The minimum Gasteiger partial charge on any atom is -0.445 e. The van der Waals surface area contributed by atoms with Gasteiger partial charge < -0.3 is 48.9 Å². The van der Waals surface area contributed by atoms with Crippen LogP contribution in [0.25, 0.3) is 0 Å². The normalized spacial score (nSPS) is 17.8. The van der Waals surface area contributed by atoms with Crippen LogP contribution >= 0.6 is 0 Å². The average molecular weight is 757 g/mol. The number of hydrogen-bond donors (Lipinski definition) is 2. The Bertz CT molecular complexity index is 1250. The third-order valence-corrected chi connectivity index (χ3v) is 9.32. The summed E-state index contributed by atoms with van der Waals surface area (Å²) in [5.74, 6) is -0.770. The highest BCUT2D eigenvalue weighted by molar-refractivity contribution is 5.86. The zero-order valence-electron chi connectivity index (χ0n) is 32.4. The summed E-state index contributed by atoms with van der Waals surface area (Å²) < 4.78 is 34.1. The van der Waals surface area contributed by atoms with E-state index < -0.39 is 24.3 Å². The van der Waals surface area contributed by atoms with Crippen molar-refractivity contribution in [1.82, 2.24) is 20.4 Å². The van der Waals surface area contributed by atoms with Gasteiger partial charge >= 0.3 is 12.2 Å². The van der Waals surface area contributed by atoms with Crippen molar-refractivity contribution in [1.29, 1.82) is 0 Å². The third kappa shape index (κ3) is 16.4. The van der Waals surface area contributed by atoms with Gasteiger partial charge in [0, 0.05) is 26.2 Å². The smallest absolute Gasteiger partial charge is 0.408 e. The molecule has 0 aromatic heterocycles. The van der Waals surface area contributed by atoms with Crippen LogP contribution in [-0.2, 0) is 51.2 Å². The number of alkyl carbamates (subject to hydrolysis) is 2. The Morgan fingerprint density at radius 1 is 0.556 bits per heavy atom. The number of nitrogens with one attached hydrogen (secondary N) is 2. The maximum atomic E-state index is 13.8. The number of amides is 4. The fourth-order valence-electron chi connectivity index (χ4n) is 5.55. The number of nitrogens with zero attached hydrogens (tertiary/aromatic N) is 2. The van der Waals surface area contributed by atoms with E-state index in [1.807, 2.05) is 88.4 Å². The highest BCUT2D eigenvalue weighted by atomic mass is 16.6. The van der Waals surface area contributed by atoms with E-state index in [1.54, 1.807) is 9.80 Å². The number of benzene rings is 2. The molecule has 54 heavy (non-hydrogen) atoms. The standard InChI is InChI=1S/C40H60N4O10/c1-5-31(3)35(41-39(47)53-29-33-13-9-7-10-14-33)37(45)43-17-21-49-25-27-51-23-19-44(20-24-52-28-26-50-22-18-43)38(46)36(32(4)6-2)42-40(48)54-30-34-15-11-8-12-16-34/h7-16,31-32,35-36H,5-6,17-30H2,1-4H3,(H,41,47)(H,42,48)/t31-,32-,35+,36+/m0/s1. The molecule has 4 atom stereocenters. The van der Waals surface area contributed by atoms with Crippen LogP contribution < -0.4 is 10.6 Å². The van der Waals surface area contributed by atoms with E-state index in [0.717, 1.165) is 11.1 Å². The van der Waals surface area contributed by atoms with Crippen molar-refractivity contribution in [3.63, 3.8) is 0 Å². The summed E-state index contributed by atoms with van der Waals surface area (Å²) >= 11 is 0. The van der Waals surface area contributed by atoms with Crippen molar-refractivity contribution >= 4 is 24.0 Å². The van der Waals surface area contributed by atoms with Crippen LogP contribution in [0.4, 0.5) is 9.59 Å². The summed E-state index contributed by atoms with van der Waals surface area (Å²) in [6.07, 6.45) is 0.0245. The molecule has 2 N–H and O–H groups in total. The number of ether oxygens (including phenoxy) is 6. The summed E-state index contributed by atoms with van der Waals surface area (Å²) in [4.78, 5) is 56.4. The fraction of sp³-hybridized carbons (Fsp3) is 0.600. The fourth-order valence-corrected chi connectivity index (χ4v) is 5.55. The molecule has 2 aromatic carbocycles. The monoisotopic (exact) mass is 756 g/mol. The highest BCUT2D eigenvalue weighted by Gasteiger charge is 2.32. The van der Waals surface area contributed by atoms with Crippen LogP contribution in [0.15, 0.2) is 60.7 Å². The van der Waals surface area contributed by atoms with E-state index in [-0.39, 0.29) is 116 Å². The molecular formula is C40H60N4O10. The van der Waals surface area contributed by atoms with Gasteiger partial charge in [-0.2, -0.15) is 0 Å². The molecule has 4 amide bonds. The maximum Gasteiger partial charge on any atom is 0.408 e. The number of hydrogen-bond acceptors (Lipinski definition) is 10. The second kappa shape index (κ2) is 25.7. The van der Waals surface area contributed by atoms with Crippen LogP contribution in [0.5, 0.6) is 0 Å². The summed E-state index contributed by atoms with van der Waals surface area (Å²) in [5.41, 5.74) is 1.70. The Labute approximate surface area is 320 Å². The van der Waals surface area contributed by atoms with Crippen LogP contribution in [-0.4, -0.2) is 125 Å². The molecule has 2 aromatic rings. The molecule has 0 saturated carbocycles. The molecule has 0 aliphatic carbocycles. The minimum atomic E-state index is -0.788. The average Bonchev–Trinajstić information content (AvgIpc) is 3.20. The van der Waals surface area contributed by atoms with Crippen LogP contribution in [0, 0.1) is 11.8 Å². The van der Waals surface area contributed by atoms with Crippen molar-refractivity contribution in [2.24, 2.45) is 11.8 Å². The lowest BCUT2D eigenvalue weighted by atomic mass is 9.98. The number of rotatable bonds is 12. The molecule has 0 bridgehead atoms. The van der Waals surface area contributed by atoms with E-state index >= 15 is 0 Å². The maximum absolute atomic E-state index is 13.8.